The molecule has 0 aliphatic carbocycles. The average Bonchev–Trinajstić information content (AvgIpc) is 2.77. The maximum atomic E-state index is 13.3. The molecule has 2 rings (SSSR count). The van der Waals surface area contributed by atoms with Crippen molar-refractivity contribution in [3.63, 3.8) is 0 Å². The quantitative estimate of drug-likeness (QED) is 0.764. The number of benzene rings is 1. The van der Waals surface area contributed by atoms with E-state index in [2.05, 4.69) is 26.1 Å². The third kappa shape index (κ3) is 2.87. The van der Waals surface area contributed by atoms with Crippen LogP contribution in [0.5, 0.6) is 0 Å². The molecule has 2 aromatic rings. The van der Waals surface area contributed by atoms with Gasteiger partial charge in [0.1, 0.15) is 5.82 Å². The molecule has 9 heteroatoms. The van der Waals surface area contributed by atoms with Crippen LogP contribution in [0.4, 0.5) is 4.39 Å². The normalized spacial score (nSPS) is 12.1. The van der Waals surface area contributed by atoms with E-state index in [0.29, 0.717) is 11.4 Å². The minimum absolute atomic E-state index is 0.229. The van der Waals surface area contributed by atoms with Crippen LogP contribution in [-0.2, 0) is 9.05 Å². The van der Waals surface area contributed by atoms with E-state index in [1.165, 1.54) is 22.8 Å². The standard InChI is InChI=1S/C11H10BrClFN3O2S/c1-6(2)17-10(15-16-11(17)20(13,18)19)7-3-4-9(14)8(12)5-7/h3-6H,1-2H3. The van der Waals surface area contributed by atoms with Gasteiger partial charge in [-0.05, 0) is 48.0 Å². The molecule has 108 valence electrons. The van der Waals surface area contributed by atoms with Gasteiger partial charge >= 0.3 is 0 Å². The van der Waals surface area contributed by atoms with Gasteiger partial charge in [0, 0.05) is 22.3 Å². The highest BCUT2D eigenvalue weighted by Crippen LogP contribution is 2.28. The Bertz CT molecular complexity index is 761. The van der Waals surface area contributed by atoms with Crippen LogP contribution in [0, 0.1) is 5.82 Å². The summed E-state index contributed by atoms with van der Waals surface area (Å²) in [5.74, 6) is -0.116. The lowest BCUT2D eigenvalue weighted by molar-refractivity contribution is 0.530. The van der Waals surface area contributed by atoms with Crippen molar-refractivity contribution in [3.8, 4) is 11.4 Å². The Morgan fingerprint density at radius 3 is 2.50 bits per heavy atom. The van der Waals surface area contributed by atoms with Crippen LogP contribution >= 0.6 is 26.6 Å². The zero-order valence-corrected chi connectivity index (χ0v) is 13.7. The molecule has 0 fully saturated rings. The van der Waals surface area contributed by atoms with E-state index < -0.39 is 14.9 Å². The lowest BCUT2D eigenvalue weighted by Gasteiger charge is -2.12. The molecule has 20 heavy (non-hydrogen) atoms. The fourth-order valence-corrected chi connectivity index (χ4v) is 3.11. The molecular weight excluding hydrogens is 373 g/mol. The van der Waals surface area contributed by atoms with Gasteiger partial charge in [0.2, 0.25) is 0 Å². The summed E-state index contributed by atoms with van der Waals surface area (Å²) in [6.07, 6.45) is 0. The Kier molecular flexibility index (Phi) is 4.17. The van der Waals surface area contributed by atoms with Gasteiger partial charge in [-0.25, -0.2) is 12.8 Å². The number of aromatic nitrogens is 3. The van der Waals surface area contributed by atoms with E-state index in [9.17, 15) is 12.8 Å². The van der Waals surface area contributed by atoms with Gasteiger partial charge in [-0.1, -0.05) is 0 Å². The SMILES string of the molecule is CC(C)n1c(-c2ccc(F)c(Br)c2)nnc1S(=O)(=O)Cl. The molecule has 0 aliphatic rings. The highest BCUT2D eigenvalue weighted by molar-refractivity contribution is 9.10. The molecule has 0 unspecified atom stereocenters. The molecule has 0 spiro atoms. The van der Waals surface area contributed by atoms with Crippen LogP contribution in [0.1, 0.15) is 19.9 Å². The van der Waals surface area contributed by atoms with E-state index in [1.807, 2.05) is 0 Å². The highest BCUT2D eigenvalue weighted by Gasteiger charge is 2.25. The number of rotatable bonds is 3. The molecule has 1 aromatic carbocycles. The molecule has 5 nitrogen and oxygen atoms in total. The van der Waals surface area contributed by atoms with Crippen molar-refractivity contribution in [2.24, 2.45) is 0 Å². The Balaban J connectivity index is 2.69. The number of nitrogens with zero attached hydrogens (tertiary/aromatic N) is 3. The summed E-state index contributed by atoms with van der Waals surface area (Å²) in [4.78, 5) is 0. The zero-order valence-electron chi connectivity index (χ0n) is 10.5. The number of hydrogen-bond donors (Lipinski definition) is 0. The fraction of sp³-hybridized carbons (Fsp3) is 0.273. The molecule has 0 N–H and O–H groups in total. The van der Waals surface area contributed by atoms with Crippen molar-refractivity contribution < 1.29 is 12.8 Å². The van der Waals surface area contributed by atoms with Gasteiger partial charge in [-0.15, -0.1) is 10.2 Å². The van der Waals surface area contributed by atoms with Crippen molar-refractivity contribution in [1.82, 2.24) is 14.8 Å². The minimum atomic E-state index is -4.01. The molecule has 0 aliphatic heterocycles. The molecule has 1 heterocycles. The van der Waals surface area contributed by atoms with Gasteiger partial charge < -0.3 is 0 Å². The van der Waals surface area contributed by atoms with Crippen LogP contribution < -0.4 is 0 Å². The van der Waals surface area contributed by atoms with Crippen molar-refractivity contribution in [2.75, 3.05) is 0 Å². The van der Waals surface area contributed by atoms with Gasteiger partial charge in [0.15, 0.2) is 5.82 Å². The first kappa shape index (κ1) is 15.4. The van der Waals surface area contributed by atoms with E-state index >= 15 is 0 Å². The summed E-state index contributed by atoms with van der Waals surface area (Å²) in [5, 5.41) is 7.14. The topological polar surface area (TPSA) is 64.8 Å². The van der Waals surface area contributed by atoms with Crippen LogP contribution in [0.2, 0.25) is 0 Å². The summed E-state index contributed by atoms with van der Waals surface area (Å²) in [7, 11) is 1.34. The second-order valence-corrected chi connectivity index (χ2v) is 7.65. The van der Waals surface area contributed by atoms with Crippen molar-refractivity contribution in [3.05, 3.63) is 28.5 Å². The highest BCUT2D eigenvalue weighted by atomic mass is 79.9. The molecule has 0 radical (unpaired) electrons. The predicted octanol–water partition coefficient (Wildman–Crippen LogP) is 3.36. The third-order valence-corrected chi connectivity index (χ3v) is 4.31. The summed E-state index contributed by atoms with van der Waals surface area (Å²) in [5.41, 5.74) is 0.533. The van der Waals surface area contributed by atoms with Crippen molar-refractivity contribution >= 4 is 35.7 Å². The van der Waals surface area contributed by atoms with Crippen LogP contribution in [0.3, 0.4) is 0 Å². The minimum Gasteiger partial charge on any atom is -0.294 e. The molecule has 0 amide bonds. The summed E-state index contributed by atoms with van der Waals surface area (Å²) in [6.45, 7) is 3.55. The van der Waals surface area contributed by atoms with Gasteiger partial charge in [0.25, 0.3) is 14.2 Å². The van der Waals surface area contributed by atoms with Crippen molar-refractivity contribution in [1.29, 1.82) is 0 Å². The summed E-state index contributed by atoms with van der Waals surface area (Å²) in [6, 6.07) is 4.02. The lowest BCUT2D eigenvalue weighted by atomic mass is 10.2. The first-order valence-corrected chi connectivity index (χ1v) is 8.67. The van der Waals surface area contributed by atoms with Crippen LogP contribution in [-0.4, -0.2) is 23.2 Å². The van der Waals surface area contributed by atoms with E-state index in [0.717, 1.165) is 0 Å². The van der Waals surface area contributed by atoms with Crippen LogP contribution in [0.25, 0.3) is 11.4 Å². The van der Waals surface area contributed by atoms with E-state index in [-0.39, 0.29) is 15.7 Å². The summed E-state index contributed by atoms with van der Waals surface area (Å²) >= 11 is 3.07. The van der Waals surface area contributed by atoms with E-state index in [1.54, 1.807) is 13.8 Å². The maximum Gasteiger partial charge on any atom is 0.296 e. The molecule has 1 aromatic heterocycles. The molecule has 0 saturated heterocycles. The smallest absolute Gasteiger partial charge is 0.294 e. The monoisotopic (exact) mass is 381 g/mol. The Hall–Kier alpha value is -0.990. The average molecular weight is 383 g/mol. The van der Waals surface area contributed by atoms with Gasteiger partial charge in [-0.3, -0.25) is 4.57 Å². The Morgan fingerprint density at radius 2 is 2.00 bits per heavy atom. The summed E-state index contributed by atoms with van der Waals surface area (Å²) < 4.78 is 37.9. The maximum absolute atomic E-state index is 13.3. The molecule has 0 bridgehead atoms. The molecular formula is C11H10BrClFN3O2S. The Morgan fingerprint density at radius 1 is 1.35 bits per heavy atom. The van der Waals surface area contributed by atoms with Crippen LogP contribution in [0.15, 0.2) is 27.8 Å². The van der Waals surface area contributed by atoms with Gasteiger partial charge in [-0.2, -0.15) is 0 Å². The third-order valence-electron chi connectivity index (χ3n) is 2.58. The molecule has 0 saturated carbocycles. The van der Waals surface area contributed by atoms with E-state index in [4.69, 9.17) is 10.7 Å². The first-order valence-electron chi connectivity index (χ1n) is 5.57. The van der Waals surface area contributed by atoms with Crippen molar-refractivity contribution in [2.45, 2.75) is 25.0 Å². The fourth-order valence-electron chi connectivity index (χ4n) is 1.74. The lowest BCUT2D eigenvalue weighted by Crippen LogP contribution is -2.10. The Labute approximate surface area is 128 Å². The second kappa shape index (κ2) is 5.42. The zero-order chi connectivity index (χ0) is 15.1. The first-order chi connectivity index (χ1) is 9.21. The number of halogens is 3. The number of hydrogen-bond acceptors (Lipinski definition) is 4. The van der Waals surface area contributed by atoms with Gasteiger partial charge in [0.05, 0.1) is 4.47 Å². The predicted molar refractivity (Wildman–Crippen MR) is 76.5 cm³/mol. The molecule has 0 atom stereocenters. The second-order valence-electron chi connectivity index (χ2n) is 4.34. The largest absolute Gasteiger partial charge is 0.296 e.